The van der Waals surface area contributed by atoms with Gasteiger partial charge in [-0.3, -0.25) is 4.79 Å². The van der Waals surface area contributed by atoms with E-state index in [1.165, 1.54) is 13.2 Å². The first-order chi connectivity index (χ1) is 5.43. The minimum Gasteiger partial charge on any atom is -0.270 e. The Morgan fingerprint density at radius 1 is 1.75 bits per heavy atom. The summed E-state index contributed by atoms with van der Waals surface area (Å²) in [5.41, 5.74) is 0. The number of amides is 1. The molecular formula is C7H12N2O2S. The van der Waals surface area contributed by atoms with Crippen LogP contribution in [0.2, 0.25) is 0 Å². The third-order valence-corrected chi connectivity index (χ3v) is 3.02. The van der Waals surface area contributed by atoms with Crippen molar-refractivity contribution in [1.29, 1.82) is 5.26 Å². The average Bonchev–Trinajstić information content (AvgIpc) is 2.02. The molecule has 0 aliphatic heterocycles. The number of carbonyl (C=O) groups is 1. The molecule has 0 radical (unpaired) electrons. The van der Waals surface area contributed by atoms with Crippen molar-refractivity contribution in [2.45, 2.75) is 13.8 Å². The van der Waals surface area contributed by atoms with Crippen LogP contribution >= 0.6 is 0 Å². The van der Waals surface area contributed by atoms with Gasteiger partial charge in [-0.05, 0) is 6.92 Å². The zero-order chi connectivity index (χ0) is 9.78. The number of carbonyl (C=O) groups excluding carboxylic acids is 1. The Bertz CT molecular complexity index is 321. The third-order valence-electron chi connectivity index (χ3n) is 1.38. The first-order valence-corrected chi connectivity index (χ1v) is 5.65. The van der Waals surface area contributed by atoms with Crippen LogP contribution in [0.1, 0.15) is 13.8 Å². The van der Waals surface area contributed by atoms with E-state index in [9.17, 15) is 9.00 Å². The molecule has 0 aliphatic rings. The molecule has 12 heavy (non-hydrogen) atoms. The van der Waals surface area contributed by atoms with Crippen LogP contribution in [0, 0.1) is 17.2 Å². The second kappa shape index (κ2) is 4.21. The van der Waals surface area contributed by atoms with Gasteiger partial charge in [0.2, 0.25) is 0 Å². The lowest BCUT2D eigenvalue weighted by molar-refractivity contribution is -0.119. The molecule has 5 heteroatoms. The van der Waals surface area contributed by atoms with Gasteiger partial charge in [-0.2, -0.15) is 9.62 Å². The van der Waals surface area contributed by atoms with Gasteiger partial charge in [0.25, 0.3) is 5.91 Å². The van der Waals surface area contributed by atoms with Crippen molar-refractivity contribution in [3.8, 4) is 6.07 Å². The zero-order valence-corrected chi connectivity index (χ0v) is 8.22. The lowest BCUT2D eigenvalue weighted by atomic mass is 10.2. The second-order valence-electron chi connectivity index (χ2n) is 2.53. The molecule has 0 aromatic rings. The molecule has 2 unspecified atom stereocenters. The molecule has 0 heterocycles. The Morgan fingerprint density at radius 3 is 2.58 bits per heavy atom. The van der Waals surface area contributed by atoms with Crippen LogP contribution in [0.3, 0.4) is 0 Å². The van der Waals surface area contributed by atoms with E-state index in [0.717, 1.165) is 0 Å². The first-order valence-electron chi connectivity index (χ1n) is 3.56. The maximum Gasteiger partial charge on any atom is 0.270 e. The molecule has 0 aliphatic carbocycles. The first kappa shape index (κ1) is 11.1. The highest BCUT2D eigenvalue weighted by Crippen LogP contribution is 1.99. The van der Waals surface area contributed by atoms with E-state index in [-0.39, 0.29) is 0 Å². The van der Waals surface area contributed by atoms with E-state index < -0.39 is 21.6 Å². The van der Waals surface area contributed by atoms with Crippen molar-refractivity contribution in [2.24, 2.45) is 10.3 Å². The fourth-order valence-corrected chi connectivity index (χ4v) is 1.06. The summed E-state index contributed by atoms with van der Waals surface area (Å²) in [6, 6.07) is 1.74. The fourth-order valence-electron chi connectivity index (χ4n) is 0.389. The molecule has 68 valence electrons. The molecule has 0 saturated carbocycles. The molecule has 0 saturated heterocycles. The molecule has 2 atom stereocenters. The molecule has 0 aromatic carbocycles. The standard InChI is InChI=1S/C7H12N2O2S/c1-4-12(3,11)9-7(10)6(2)5-8/h6H,4H2,1-3H3. The maximum absolute atomic E-state index is 11.3. The Labute approximate surface area is 72.8 Å². The molecule has 0 N–H and O–H groups in total. The van der Waals surface area contributed by atoms with E-state index in [0.29, 0.717) is 5.75 Å². The quantitative estimate of drug-likeness (QED) is 0.643. The highest BCUT2D eigenvalue weighted by atomic mass is 32.2. The molecular weight excluding hydrogens is 176 g/mol. The summed E-state index contributed by atoms with van der Waals surface area (Å²) < 4.78 is 14.8. The predicted molar refractivity (Wildman–Crippen MR) is 46.8 cm³/mol. The van der Waals surface area contributed by atoms with E-state index in [2.05, 4.69) is 4.36 Å². The van der Waals surface area contributed by atoms with Crippen LogP contribution < -0.4 is 0 Å². The van der Waals surface area contributed by atoms with E-state index in [4.69, 9.17) is 5.26 Å². The normalized spacial score (nSPS) is 17.2. The summed E-state index contributed by atoms with van der Waals surface area (Å²) >= 11 is 0. The van der Waals surface area contributed by atoms with Crippen molar-refractivity contribution < 1.29 is 9.00 Å². The summed E-state index contributed by atoms with van der Waals surface area (Å²) in [5, 5.41) is 8.35. The van der Waals surface area contributed by atoms with Gasteiger partial charge in [0, 0.05) is 12.0 Å². The van der Waals surface area contributed by atoms with Crippen LogP contribution in [0.5, 0.6) is 0 Å². The van der Waals surface area contributed by atoms with Gasteiger partial charge < -0.3 is 0 Å². The van der Waals surface area contributed by atoms with Crippen LogP contribution in [-0.2, 0) is 14.5 Å². The van der Waals surface area contributed by atoms with Gasteiger partial charge in [-0.25, -0.2) is 4.21 Å². The van der Waals surface area contributed by atoms with Crippen molar-refractivity contribution in [2.75, 3.05) is 12.0 Å². The number of rotatable bonds is 2. The maximum atomic E-state index is 11.3. The number of hydrogen-bond donors (Lipinski definition) is 0. The highest BCUT2D eigenvalue weighted by molar-refractivity contribution is 7.93. The van der Waals surface area contributed by atoms with Crippen LogP contribution in [0.25, 0.3) is 0 Å². The largest absolute Gasteiger partial charge is 0.270 e. The second-order valence-corrected chi connectivity index (χ2v) is 5.21. The molecule has 0 bridgehead atoms. The van der Waals surface area contributed by atoms with Crippen LogP contribution in [-0.4, -0.2) is 22.1 Å². The van der Waals surface area contributed by atoms with E-state index in [1.807, 2.05) is 0 Å². The van der Waals surface area contributed by atoms with Crippen molar-refractivity contribution in [3.05, 3.63) is 0 Å². The monoisotopic (exact) mass is 188 g/mol. The SMILES string of the molecule is CCS(C)(=O)=NC(=O)C(C)C#N. The van der Waals surface area contributed by atoms with E-state index >= 15 is 0 Å². The Hall–Kier alpha value is -0.890. The summed E-state index contributed by atoms with van der Waals surface area (Å²) in [4.78, 5) is 11.0. The topological polar surface area (TPSA) is 70.3 Å². The smallest absolute Gasteiger partial charge is 0.270 e. The number of nitrogens with zero attached hydrogens (tertiary/aromatic N) is 2. The van der Waals surface area contributed by atoms with Gasteiger partial charge in [0.1, 0.15) is 5.92 Å². The summed E-state index contributed by atoms with van der Waals surface area (Å²) in [7, 11) is -2.40. The summed E-state index contributed by atoms with van der Waals surface area (Å²) in [6.07, 6.45) is 1.41. The molecule has 0 spiro atoms. The fraction of sp³-hybridized carbons (Fsp3) is 0.714. The molecule has 0 fully saturated rings. The summed E-state index contributed by atoms with van der Waals surface area (Å²) in [6.45, 7) is 3.13. The molecule has 1 amide bonds. The number of hydrogen-bond acceptors (Lipinski definition) is 3. The van der Waals surface area contributed by atoms with Gasteiger partial charge in [0.15, 0.2) is 0 Å². The molecule has 4 nitrogen and oxygen atoms in total. The minimum atomic E-state index is -2.40. The summed E-state index contributed by atoms with van der Waals surface area (Å²) in [5.74, 6) is -1.05. The Balaban J connectivity index is 4.70. The molecule has 0 rings (SSSR count). The van der Waals surface area contributed by atoms with Crippen molar-refractivity contribution >= 4 is 15.6 Å². The van der Waals surface area contributed by atoms with Gasteiger partial charge in [-0.1, -0.05) is 6.92 Å². The predicted octanol–water partition coefficient (Wildman–Crippen LogP) is 0.790. The Morgan fingerprint density at radius 2 is 2.25 bits per heavy atom. The van der Waals surface area contributed by atoms with Gasteiger partial charge in [-0.15, -0.1) is 0 Å². The van der Waals surface area contributed by atoms with Gasteiger partial charge in [0.05, 0.1) is 15.8 Å². The lowest BCUT2D eigenvalue weighted by Gasteiger charge is -1.99. The van der Waals surface area contributed by atoms with Crippen LogP contribution in [0.15, 0.2) is 4.36 Å². The average molecular weight is 188 g/mol. The highest BCUT2D eigenvalue weighted by Gasteiger charge is 2.12. The Kier molecular flexibility index (Phi) is 3.90. The third kappa shape index (κ3) is 3.49. The van der Waals surface area contributed by atoms with Crippen molar-refractivity contribution in [1.82, 2.24) is 0 Å². The minimum absolute atomic E-state index is 0.330. The lowest BCUT2D eigenvalue weighted by Crippen LogP contribution is -2.10. The van der Waals surface area contributed by atoms with E-state index in [1.54, 1.807) is 13.0 Å². The van der Waals surface area contributed by atoms with Gasteiger partial charge >= 0.3 is 0 Å². The number of nitriles is 1. The van der Waals surface area contributed by atoms with Crippen LogP contribution in [0.4, 0.5) is 0 Å². The molecule has 0 aromatic heterocycles. The zero-order valence-electron chi connectivity index (χ0n) is 7.40. The van der Waals surface area contributed by atoms with Crippen molar-refractivity contribution in [3.63, 3.8) is 0 Å².